The van der Waals surface area contributed by atoms with Crippen LogP contribution < -0.4 is 5.73 Å². The molecule has 0 radical (unpaired) electrons. The van der Waals surface area contributed by atoms with Crippen molar-refractivity contribution in [1.29, 1.82) is 0 Å². The Balaban J connectivity index is 2.10. The molecule has 1 aromatic heterocycles. The van der Waals surface area contributed by atoms with Gasteiger partial charge in [0.1, 0.15) is 0 Å². The number of aryl methyl sites for hydroxylation is 2. The molecule has 0 amide bonds. The third-order valence-corrected chi connectivity index (χ3v) is 5.19. The summed E-state index contributed by atoms with van der Waals surface area (Å²) in [5, 5.41) is 20.3. The van der Waals surface area contributed by atoms with Crippen molar-refractivity contribution in [2.75, 3.05) is 0 Å². The molecule has 5 heteroatoms. The van der Waals surface area contributed by atoms with E-state index in [1.807, 2.05) is 26.8 Å². The largest absolute Gasteiger partial charge is 0.479 e. The Kier molecular flexibility index (Phi) is 6.58. The van der Waals surface area contributed by atoms with E-state index < -0.39 is 17.6 Å². The summed E-state index contributed by atoms with van der Waals surface area (Å²) in [6.45, 7) is 5.95. The van der Waals surface area contributed by atoms with Gasteiger partial charge in [0.25, 0.3) is 0 Å². The van der Waals surface area contributed by atoms with Crippen LogP contribution in [-0.2, 0) is 17.6 Å². The Bertz CT molecular complexity index is 599. The predicted molar refractivity (Wildman–Crippen MR) is 98.4 cm³/mol. The average Bonchev–Trinajstić information content (AvgIpc) is 3.33. The van der Waals surface area contributed by atoms with E-state index in [1.165, 1.54) is 24.8 Å². The Morgan fingerprint density at radius 1 is 1.44 bits per heavy atom. The second-order valence-electron chi connectivity index (χ2n) is 8.08. The minimum Gasteiger partial charge on any atom is -0.479 e. The van der Waals surface area contributed by atoms with E-state index in [0.717, 1.165) is 24.3 Å². The molecule has 0 saturated heterocycles. The maximum absolute atomic E-state index is 11.7. The van der Waals surface area contributed by atoms with Crippen LogP contribution in [0.4, 0.5) is 0 Å². The quantitative estimate of drug-likeness (QED) is 0.604. The number of hydrogen-bond acceptors (Lipinski definition) is 4. The average molecular weight is 348 g/mol. The highest BCUT2D eigenvalue weighted by Gasteiger charge is 2.43. The van der Waals surface area contributed by atoms with Gasteiger partial charge < -0.3 is 15.9 Å². The lowest BCUT2D eigenvalue weighted by atomic mass is 9.84. The van der Waals surface area contributed by atoms with Gasteiger partial charge in [0.15, 0.2) is 5.60 Å². The maximum atomic E-state index is 11.7. The van der Waals surface area contributed by atoms with E-state index in [-0.39, 0.29) is 12.3 Å². The van der Waals surface area contributed by atoms with Crippen molar-refractivity contribution < 1.29 is 15.0 Å². The monoisotopic (exact) mass is 348 g/mol. The first-order valence-corrected chi connectivity index (χ1v) is 9.38. The fraction of sp³-hybridized carbons (Fsp3) is 0.700. The van der Waals surface area contributed by atoms with Gasteiger partial charge in [-0.25, -0.2) is 4.79 Å². The summed E-state index contributed by atoms with van der Waals surface area (Å²) in [5.41, 5.74) is 6.94. The molecule has 2 atom stereocenters. The first-order valence-electron chi connectivity index (χ1n) is 9.38. The third-order valence-electron chi connectivity index (χ3n) is 5.19. The van der Waals surface area contributed by atoms with E-state index in [4.69, 9.17) is 5.73 Å². The lowest BCUT2D eigenvalue weighted by Gasteiger charge is -2.30. The molecule has 0 bridgehead atoms. The molecule has 0 aliphatic heterocycles. The Hall–Kier alpha value is -1.46. The molecule has 1 saturated carbocycles. The Morgan fingerprint density at radius 2 is 2.12 bits per heavy atom. The van der Waals surface area contributed by atoms with E-state index in [0.29, 0.717) is 12.1 Å². The minimum atomic E-state index is -1.99. The topological polar surface area (TPSA) is 96.4 Å². The van der Waals surface area contributed by atoms with Crippen LogP contribution in [0.15, 0.2) is 12.3 Å². The second kappa shape index (κ2) is 8.28. The highest BCUT2D eigenvalue weighted by molar-refractivity contribution is 5.78. The number of carboxylic acids is 1. The first-order chi connectivity index (χ1) is 11.7. The molecule has 1 aliphatic carbocycles. The lowest BCUT2D eigenvalue weighted by molar-refractivity contribution is -0.161. The molecule has 1 aliphatic rings. The SMILES string of the molecule is Cc1cnc(C[C@](O)(C(=O)O)[C@@H](N)CC(C)C)cc1CCCC1CC1. The molecular formula is C20H32N2O3. The van der Waals surface area contributed by atoms with E-state index in [1.54, 1.807) is 6.20 Å². The highest BCUT2D eigenvalue weighted by atomic mass is 16.4. The standard InChI is InChI=1S/C20H32N2O3/c1-13(2)9-18(21)20(25,19(23)24)11-17-10-16(14(3)12-22-17)6-4-5-15-7-8-15/h10,12-13,15,18,25H,4-9,11,21H2,1-3H3,(H,23,24)/t18-,20+/m0/s1. The molecule has 25 heavy (non-hydrogen) atoms. The molecular weight excluding hydrogens is 316 g/mol. The van der Waals surface area contributed by atoms with Crippen LogP contribution >= 0.6 is 0 Å². The van der Waals surface area contributed by atoms with Crippen LogP contribution in [0, 0.1) is 18.8 Å². The van der Waals surface area contributed by atoms with E-state index >= 15 is 0 Å². The molecule has 5 nitrogen and oxygen atoms in total. The molecule has 0 spiro atoms. The first kappa shape index (κ1) is 19.9. The molecule has 2 rings (SSSR count). The summed E-state index contributed by atoms with van der Waals surface area (Å²) in [6.07, 6.45) is 8.26. The van der Waals surface area contributed by atoms with Crippen LogP contribution in [0.2, 0.25) is 0 Å². The van der Waals surface area contributed by atoms with Crippen molar-refractivity contribution in [3.63, 3.8) is 0 Å². The van der Waals surface area contributed by atoms with Gasteiger partial charge in [0.2, 0.25) is 0 Å². The Labute approximate surface area is 150 Å². The molecule has 0 unspecified atom stereocenters. The number of rotatable bonds is 10. The molecule has 1 fully saturated rings. The highest BCUT2D eigenvalue weighted by Crippen LogP contribution is 2.34. The van der Waals surface area contributed by atoms with Crippen molar-refractivity contribution >= 4 is 5.97 Å². The normalized spacial score (nSPS) is 18.2. The van der Waals surface area contributed by atoms with Gasteiger partial charge in [-0.15, -0.1) is 0 Å². The maximum Gasteiger partial charge on any atom is 0.337 e. The zero-order valence-corrected chi connectivity index (χ0v) is 15.7. The van der Waals surface area contributed by atoms with Crippen molar-refractivity contribution in [1.82, 2.24) is 4.98 Å². The smallest absolute Gasteiger partial charge is 0.337 e. The van der Waals surface area contributed by atoms with Crippen LogP contribution in [-0.4, -0.2) is 32.8 Å². The molecule has 1 aromatic rings. The number of carbonyl (C=O) groups is 1. The van der Waals surface area contributed by atoms with Crippen molar-refractivity contribution in [2.24, 2.45) is 17.6 Å². The van der Waals surface area contributed by atoms with Gasteiger partial charge in [-0.3, -0.25) is 4.98 Å². The van der Waals surface area contributed by atoms with Gasteiger partial charge in [-0.05, 0) is 55.2 Å². The number of hydrogen-bond donors (Lipinski definition) is 3. The van der Waals surface area contributed by atoms with Gasteiger partial charge in [0, 0.05) is 24.4 Å². The molecule has 1 heterocycles. The number of aliphatic hydroxyl groups is 1. The summed E-state index contributed by atoms with van der Waals surface area (Å²) < 4.78 is 0. The minimum absolute atomic E-state index is 0.0634. The molecule has 0 aromatic carbocycles. The van der Waals surface area contributed by atoms with Crippen LogP contribution in [0.5, 0.6) is 0 Å². The number of nitrogens with zero attached hydrogens (tertiary/aromatic N) is 1. The Morgan fingerprint density at radius 3 is 2.68 bits per heavy atom. The summed E-state index contributed by atoms with van der Waals surface area (Å²) in [7, 11) is 0. The third kappa shape index (κ3) is 5.51. The zero-order chi connectivity index (χ0) is 18.6. The van der Waals surface area contributed by atoms with Gasteiger partial charge in [-0.1, -0.05) is 33.1 Å². The number of nitrogens with two attached hydrogens (primary N) is 1. The zero-order valence-electron chi connectivity index (χ0n) is 15.7. The predicted octanol–water partition coefficient (Wildman–Crippen LogP) is 2.85. The van der Waals surface area contributed by atoms with E-state index in [9.17, 15) is 15.0 Å². The van der Waals surface area contributed by atoms with Gasteiger partial charge in [-0.2, -0.15) is 0 Å². The summed E-state index contributed by atoms with van der Waals surface area (Å²) in [6, 6.07) is 1.12. The number of aromatic nitrogens is 1. The molecule has 140 valence electrons. The van der Waals surface area contributed by atoms with E-state index in [2.05, 4.69) is 4.98 Å². The summed E-state index contributed by atoms with van der Waals surface area (Å²) in [5.74, 6) is -0.157. The van der Waals surface area contributed by atoms with Gasteiger partial charge in [0.05, 0.1) is 0 Å². The molecule has 4 N–H and O–H groups in total. The van der Waals surface area contributed by atoms with Crippen LogP contribution in [0.3, 0.4) is 0 Å². The number of carboxylic acid groups (broad SMARTS) is 1. The number of aliphatic carboxylic acids is 1. The summed E-state index contributed by atoms with van der Waals surface area (Å²) in [4.78, 5) is 16.0. The van der Waals surface area contributed by atoms with Crippen molar-refractivity contribution in [2.45, 2.75) is 77.4 Å². The lowest BCUT2D eigenvalue weighted by Crippen LogP contribution is -2.56. The fourth-order valence-corrected chi connectivity index (χ4v) is 3.31. The number of pyridine rings is 1. The van der Waals surface area contributed by atoms with Crippen molar-refractivity contribution in [3.8, 4) is 0 Å². The van der Waals surface area contributed by atoms with Gasteiger partial charge >= 0.3 is 5.97 Å². The second-order valence-corrected chi connectivity index (χ2v) is 8.08. The van der Waals surface area contributed by atoms with Crippen LogP contribution in [0.25, 0.3) is 0 Å². The fourth-order valence-electron chi connectivity index (χ4n) is 3.31. The van der Waals surface area contributed by atoms with Crippen molar-refractivity contribution in [3.05, 3.63) is 29.1 Å². The van der Waals surface area contributed by atoms with Crippen LogP contribution in [0.1, 0.15) is 62.8 Å². The summed E-state index contributed by atoms with van der Waals surface area (Å²) >= 11 is 0.